The van der Waals surface area contributed by atoms with Gasteiger partial charge in [-0.3, -0.25) is 0 Å². The van der Waals surface area contributed by atoms with Gasteiger partial charge in [-0.25, -0.2) is 4.99 Å². The summed E-state index contributed by atoms with van der Waals surface area (Å²) in [5, 5.41) is 2.14. The van der Waals surface area contributed by atoms with E-state index in [1.807, 2.05) is 12.1 Å². The van der Waals surface area contributed by atoms with E-state index >= 15 is 0 Å². The van der Waals surface area contributed by atoms with Crippen molar-refractivity contribution in [3.63, 3.8) is 0 Å². The van der Waals surface area contributed by atoms with Crippen LogP contribution >= 0.6 is 22.7 Å². The third-order valence-electron chi connectivity index (χ3n) is 1.90. The monoisotopic (exact) mass is 221 g/mol. The van der Waals surface area contributed by atoms with Gasteiger partial charge >= 0.3 is 0 Å². The highest BCUT2D eigenvalue weighted by molar-refractivity contribution is 7.26. The molecule has 0 radical (unpaired) electrons. The standard InChI is InChI=1S/C11H11NS2/c1-8-5-3-4-6-10(8)12-11-13-7-9(2)14-11/h3-7H,1-2H3/b12-11+. The molecule has 0 spiro atoms. The molecule has 0 bridgehead atoms. The number of aryl methyl sites for hydroxylation is 2. The lowest BCUT2D eigenvalue weighted by atomic mass is 10.2. The van der Waals surface area contributed by atoms with Gasteiger partial charge in [0.1, 0.15) is 0 Å². The first-order valence-electron chi connectivity index (χ1n) is 4.41. The van der Waals surface area contributed by atoms with Crippen LogP contribution in [-0.2, 0) is 0 Å². The third-order valence-corrected chi connectivity index (χ3v) is 4.06. The van der Waals surface area contributed by atoms with E-state index < -0.39 is 0 Å². The lowest BCUT2D eigenvalue weighted by Crippen LogP contribution is -1.85. The quantitative estimate of drug-likeness (QED) is 0.697. The summed E-state index contributed by atoms with van der Waals surface area (Å²) >= 11 is 3.45. The molecule has 0 N–H and O–H groups in total. The number of hydrogen-bond donors (Lipinski definition) is 0. The summed E-state index contributed by atoms with van der Waals surface area (Å²) in [6.07, 6.45) is 0. The van der Waals surface area contributed by atoms with Gasteiger partial charge < -0.3 is 0 Å². The van der Waals surface area contributed by atoms with Crippen molar-refractivity contribution >= 4 is 28.4 Å². The van der Waals surface area contributed by atoms with Gasteiger partial charge in [-0.1, -0.05) is 18.2 Å². The molecule has 3 heteroatoms. The van der Waals surface area contributed by atoms with E-state index in [2.05, 4.69) is 36.4 Å². The number of rotatable bonds is 1. The van der Waals surface area contributed by atoms with Crippen LogP contribution in [0.4, 0.5) is 5.69 Å². The zero-order valence-electron chi connectivity index (χ0n) is 8.15. The molecule has 1 heterocycles. The Morgan fingerprint density at radius 1 is 1.14 bits per heavy atom. The minimum absolute atomic E-state index is 1.07. The van der Waals surface area contributed by atoms with Crippen LogP contribution in [0.2, 0.25) is 0 Å². The Balaban J connectivity index is 2.48. The van der Waals surface area contributed by atoms with Crippen molar-refractivity contribution in [1.29, 1.82) is 0 Å². The highest BCUT2D eigenvalue weighted by Gasteiger charge is 1.94. The van der Waals surface area contributed by atoms with E-state index in [1.54, 1.807) is 22.7 Å². The zero-order valence-corrected chi connectivity index (χ0v) is 9.78. The second-order valence-electron chi connectivity index (χ2n) is 3.11. The molecule has 0 amide bonds. The predicted molar refractivity (Wildman–Crippen MR) is 63.3 cm³/mol. The van der Waals surface area contributed by atoms with Gasteiger partial charge in [0, 0.05) is 10.3 Å². The molecule has 2 aromatic rings. The maximum absolute atomic E-state index is 4.60. The molecule has 0 saturated carbocycles. The SMILES string of the molecule is Cc1cs/c(=N\c2ccccc2C)s1. The van der Waals surface area contributed by atoms with Crippen LogP contribution in [0.1, 0.15) is 10.4 Å². The van der Waals surface area contributed by atoms with Gasteiger partial charge in [-0.15, -0.1) is 22.7 Å². The van der Waals surface area contributed by atoms with Crippen LogP contribution in [0.25, 0.3) is 0 Å². The molecule has 0 atom stereocenters. The largest absolute Gasteiger partial charge is 0.227 e. The van der Waals surface area contributed by atoms with E-state index in [0.29, 0.717) is 0 Å². The summed E-state index contributed by atoms with van der Waals surface area (Å²) in [5.41, 5.74) is 2.30. The topological polar surface area (TPSA) is 12.4 Å². The Hall–Kier alpha value is -0.930. The molecule has 72 valence electrons. The Kier molecular flexibility index (Phi) is 2.79. The van der Waals surface area contributed by atoms with E-state index in [1.165, 1.54) is 10.4 Å². The normalized spacial score (nSPS) is 12.0. The smallest absolute Gasteiger partial charge is 0.171 e. The maximum atomic E-state index is 4.60. The molecular formula is C11H11NS2. The molecule has 14 heavy (non-hydrogen) atoms. The first-order valence-corrected chi connectivity index (χ1v) is 6.11. The summed E-state index contributed by atoms with van der Waals surface area (Å²) in [6.45, 7) is 4.20. The van der Waals surface area contributed by atoms with Crippen LogP contribution in [0.3, 0.4) is 0 Å². The minimum Gasteiger partial charge on any atom is -0.227 e. The summed E-state index contributed by atoms with van der Waals surface area (Å²) < 4.78 is 1.12. The molecule has 1 aromatic heterocycles. The Morgan fingerprint density at radius 3 is 2.57 bits per heavy atom. The molecular weight excluding hydrogens is 210 g/mol. The average molecular weight is 221 g/mol. The lowest BCUT2D eigenvalue weighted by Gasteiger charge is -1.95. The first-order chi connectivity index (χ1) is 6.75. The molecule has 0 saturated heterocycles. The molecule has 0 unspecified atom stereocenters. The Bertz CT molecular complexity index is 494. The summed E-state index contributed by atoms with van der Waals surface area (Å²) in [4.78, 5) is 5.92. The number of para-hydroxylation sites is 1. The van der Waals surface area contributed by atoms with Gasteiger partial charge in [0.25, 0.3) is 0 Å². The molecule has 1 aromatic carbocycles. The van der Waals surface area contributed by atoms with Crippen molar-refractivity contribution in [1.82, 2.24) is 0 Å². The van der Waals surface area contributed by atoms with Crippen LogP contribution in [0.15, 0.2) is 34.6 Å². The van der Waals surface area contributed by atoms with Crippen molar-refractivity contribution < 1.29 is 0 Å². The van der Waals surface area contributed by atoms with Gasteiger partial charge in [-0.2, -0.15) is 0 Å². The fraction of sp³-hybridized carbons (Fsp3) is 0.182. The highest BCUT2D eigenvalue weighted by Crippen LogP contribution is 2.17. The fourth-order valence-corrected chi connectivity index (χ4v) is 3.06. The van der Waals surface area contributed by atoms with Crippen molar-refractivity contribution in [2.24, 2.45) is 4.99 Å². The van der Waals surface area contributed by atoms with E-state index in [-0.39, 0.29) is 0 Å². The van der Waals surface area contributed by atoms with E-state index in [9.17, 15) is 0 Å². The van der Waals surface area contributed by atoms with Gasteiger partial charge in [0.2, 0.25) is 0 Å². The van der Waals surface area contributed by atoms with Crippen LogP contribution in [0, 0.1) is 13.8 Å². The number of hydrogen-bond acceptors (Lipinski definition) is 3. The highest BCUT2D eigenvalue weighted by atomic mass is 32.2. The third kappa shape index (κ3) is 2.11. The zero-order chi connectivity index (χ0) is 9.97. The van der Waals surface area contributed by atoms with Crippen LogP contribution in [-0.4, -0.2) is 0 Å². The van der Waals surface area contributed by atoms with Crippen LogP contribution < -0.4 is 3.98 Å². The molecule has 2 rings (SSSR count). The maximum Gasteiger partial charge on any atom is 0.171 e. The summed E-state index contributed by atoms with van der Waals surface area (Å²) in [6, 6.07) is 8.20. The Morgan fingerprint density at radius 2 is 1.93 bits per heavy atom. The van der Waals surface area contributed by atoms with Crippen molar-refractivity contribution in [2.45, 2.75) is 13.8 Å². The average Bonchev–Trinajstić information content (AvgIpc) is 2.56. The molecule has 1 nitrogen and oxygen atoms in total. The lowest BCUT2D eigenvalue weighted by molar-refractivity contribution is 1.36. The molecule has 0 aliphatic rings. The van der Waals surface area contributed by atoms with Crippen molar-refractivity contribution in [3.8, 4) is 0 Å². The fourth-order valence-electron chi connectivity index (χ4n) is 1.16. The first kappa shape index (κ1) is 9.62. The second-order valence-corrected chi connectivity index (χ2v) is 5.46. The molecule has 0 aliphatic carbocycles. The predicted octanol–water partition coefficient (Wildman–Crippen LogP) is 3.66. The van der Waals surface area contributed by atoms with Gasteiger partial charge in [0.15, 0.2) is 3.98 Å². The molecule has 0 fully saturated rings. The van der Waals surface area contributed by atoms with Crippen LogP contribution in [0.5, 0.6) is 0 Å². The van der Waals surface area contributed by atoms with Gasteiger partial charge in [0.05, 0.1) is 5.69 Å². The summed E-state index contributed by atoms with van der Waals surface area (Å²) in [7, 11) is 0. The Labute approximate surface area is 91.4 Å². The van der Waals surface area contributed by atoms with E-state index in [0.717, 1.165) is 9.67 Å². The number of nitrogens with zero attached hydrogens (tertiary/aromatic N) is 1. The van der Waals surface area contributed by atoms with Crippen molar-refractivity contribution in [2.75, 3.05) is 0 Å². The second kappa shape index (κ2) is 4.07. The number of benzene rings is 1. The molecule has 0 aliphatic heterocycles. The minimum atomic E-state index is 1.07. The van der Waals surface area contributed by atoms with Gasteiger partial charge in [-0.05, 0) is 25.5 Å². The van der Waals surface area contributed by atoms with E-state index in [4.69, 9.17) is 0 Å². The van der Waals surface area contributed by atoms with Crippen molar-refractivity contribution in [3.05, 3.63) is 44.1 Å². The summed E-state index contributed by atoms with van der Waals surface area (Å²) in [5.74, 6) is 0.